The molecule has 1 atom stereocenters. The first-order valence-corrected chi connectivity index (χ1v) is 10.5. The number of benzene rings is 2. The van der Waals surface area contributed by atoms with Gasteiger partial charge in [0.2, 0.25) is 0 Å². The molecule has 0 amide bonds. The van der Waals surface area contributed by atoms with E-state index in [1.165, 1.54) is 5.56 Å². The average molecular weight is 397 g/mol. The van der Waals surface area contributed by atoms with Crippen molar-refractivity contribution in [1.82, 2.24) is 9.80 Å². The number of hydrogen-bond acceptors (Lipinski definition) is 5. The first-order valence-electron chi connectivity index (χ1n) is 10.5. The van der Waals surface area contributed by atoms with E-state index in [0.29, 0.717) is 13.0 Å². The lowest BCUT2D eigenvalue weighted by Crippen LogP contribution is -2.48. The number of rotatable bonds is 10. The predicted molar refractivity (Wildman–Crippen MR) is 116 cm³/mol. The van der Waals surface area contributed by atoms with Crippen LogP contribution in [-0.4, -0.2) is 68.6 Å². The van der Waals surface area contributed by atoms with E-state index in [9.17, 15) is 4.79 Å². The molecule has 29 heavy (non-hydrogen) atoms. The minimum atomic E-state index is 0.101. The second kappa shape index (κ2) is 11.1. The Balaban J connectivity index is 1.41. The average Bonchev–Trinajstić information content (AvgIpc) is 2.78. The van der Waals surface area contributed by atoms with Gasteiger partial charge in [-0.15, -0.1) is 0 Å². The van der Waals surface area contributed by atoms with E-state index < -0.39 is 0 Å². The molecule has 156 valence electrons. The number of piperazine rings is 1. The Morgan fingerprint density at radius 2 is 1.62 bits per heavy atom. The van der Waals surface area contributed by atoms with Gasteiger partial charge in [-0.2, -0.15) is 0 Å². The van der Waals surface area contributed by atoms with Gasteiger partial charge in [0.25, 0.3) is 0 Å². The molecule has 1 fully saturated rings. The van der Waals surface area contributed by atoms with E-state index in [2.05, 4.69) is 34.1 Å². The summed E-state index contributed by atoms with van der Waals surface area (Å²) in [4.78, 5) is 17.3. The van der Waals surface area contributed by atoms with Crippen LogP contribution < -0.4 is 4.74 Å². The molecule has 0 radical (unpaired) electrons. The molecule has 0 aliphatic carbocycles. The van der Waals surface area contributed by atoms with Gasteiger partial charge in [-0.25, -0.2) is 0 Å². The Morgan fingerprint density at radius 1 is 0.966 bits per heavy atom. The highest BCUT2D eigenvalue weighted by molar-refractivity contribution is 5.96. The molecule has 1 unspecified atom stereocenters. The van der Waals surface area contributed by atoms with Crippen molar-refractivity contribution < 1.29 is 14.3 Å². The summed E-state index contributed by atoms with van der Waals surface area (Å²) in [5.74, 6) is 1.00. The molecule has 0 saturated carbocycles. The summed E-state index contributed by atoms with van der Waals surface area (Å²) in [6, 6.07) is 17.8. The predicted octanol–water partition coefficient (Wildman–Crippen LogP) is 3.66. The molecule has 0 bridgehead atoms. The fourth-order valence-corrected chi connectivity index (χ4v) is 3.72. The van der Waals surface area contributed by atoms with Gasteiger partial charge < -0.3 is 14.4 Å². The van der Waals surface area contributed by atoms with Crippen molar-refractivity contribution in [2.45, 2.75) is 19.4 Å². The van der Waals surface area contributed by atoms with Crippen LogP contribution in [0.1, 0.15) is 35.4 Å². The van der Waals surface area contributed by atoms with Crippen LogP contribution in [0.2, 0.25) is 0 Å². The van der Waals surface area contributed by atoms with Crippen molar-refractivity contribution in [3.63, 3.8) is 0 Å². The third-order valence-corrected chi connectivity index (χ3v) is 5.49. The molecule has 0 spiro atoms. The van der Waals surface area contributed by atoms with Crippen LogP contribution in [0.25, 0.3) is 0 Å². The van der Waals surface area contributed by atoms with Gasteiger partial charge in [-0.1, -0.05) is 30.3 Å². The van der Waals surface area contributed by atoms with E-state index in [-0.39, 0.29) is 11.9 Å². The summed E-state index contributed by atoms with van der Waals surface area (Å²) in [6.07, 6.45) is 0.655. The molecule has 1 heterocycles. The molecule has 5 heteroatoms. The zero-order valence-corrected chi connectivity index (χ0v) is 17.5. The summed E-state index contributed by atoms with van der Waals surface area (Å²) < 4.78 is 11.1. The molecule has 0 aromatic heterocycles. The van der Waals surface area contributed by atoms with Gasteiger partial charge in [0, 0.05) is 58.4 Å². The fourth-order valence-electron chi connectivity index (χ4n) is 3.72. The van der Waals surface area contributed by atoms with Crippen molar-refractivity contribution in [2.75, 3.05) is 53.0 Å². The van der Waals surface area contributed by atoms with Gasteiger partial charge in [0.05, 0.1) is 12.7 Å². The topological polar surface area (TPSA) is 42.0 Å². The Labute approximate surface area is 174 Å². The van der Waals surface area contributed by atoms with Crippen molar-refractivity contribution >= 4 is 5.78 Å². The number of nitrogens with zero attached hydrogens (tertiary/aromatic N) is 2. The molecule has 5 nitrogen and oxygen atoms in total. The molecule has 0 N–H and O–H groups in total. The van der Waals surface area contributed by atoms with E-state index in [1.54, 1.807) is 7.11 Å². The number of methoxy groups -OCH3 is 1. The standard InChI is InChI=1S/C24H32N2O3/c1-3-29-22-11-9-20(10-12-22)23(27)13-14-25-15-17-26(18-16-25)19-24(28-2)21-7-5-4-6-8-21/h4-12,24H,3,13-19H2,1-2H3. The normalized spacial score (nSPS) is 16.5. The van der Waals surface area contributed by atoms with Crippen LogP contribution in [0.4, 0.5) is 0 Å². The molecule has 1 aliphatic heterocycles. The first kappa shape index (κ1) is 21.5. The Bertz CT molecular complexity index is 740. The van der Waals surface area contributed by atoms with Crippen LogP contribution >= 0.6 is 0 Å². The summed E-state index contributed by atoms with van der Waals surface area (Å²) in [7, 11) is 1.78. The third-order valence-electron chi connectivity index (χ3n) is 5.49. The van der Waals surface area contributed by atoms with E-state index in [1.807, 2.05) is 37.3 Å². The van der Waals surface area contributed by atoms with Gasteiger partial charge in [-0.3, -0.25) is 9.69 Å². The monoisotopic (exact) mass is 396 g/mol. The molecule has 3 rings (SSSR count). The van der Waals surface area contributed by atoms with Crippen LogP contribution in [0, 0.1) is 0 Å². The highest BCUT2D eigenvalue weighted by Gasteiger charge is 2.21. The highest BCUT2D eigenvalue weighted by Crippen LogP contribution is 2.19. The summed E-state index contributed by atoms with van der Waals surface area (Å²) in [6.45, 7) is 8.29. The molecule has 1 saturated heterocycles. The lowest BCUT2D eigenvalue weighted by Gasteiger charge is -2.36. The quantitative estimate of drug-likeness (QED) is 0.573. The Morgan fingerprint density at radius 3 is 2.24 bits per heavy atom. The minimum Gasteiger partial charge on any atom is -0.494 e. The number of carbonyl (C=O) groups excluding carboxylic acids is 1. The summed E-state index contributed by atoms with van der Waals surface area (Å²) in [5.41, 5.74) is 1.98. The minimum absolute atomic E-state index is 0.101. The number of carbonyl (C=O) groups is 1. The zero-order chi connectivity index (χ0) is 20.5. The molecular formula is C24H32N2O3. The van der Waals surface area contributed by atoms with Gasteiger partial charge in [0.15, 0.2) is 5.78 Å². The second-order valence-corrected chi connectivity index (χ2v) is 7.41. The second-order valence-electron chi connectivity index (χ2n) is 7.41. The zero-order valence-electron chi connectivity index (χ0n) is 17.5. The van der Waals surface area contributed by atoms with Crippen LogP contribution in [0.3, 0.4) is 0 Å². The van der Waals surface area contributed by atoms with Crippen LogP contribution in [0.15, 0.2) is 54.6 Å². The molecule has 2 aromatic rings. The smallest absolute Gasteiger partial charge is 0.164 e. The number of hydrogen-bond donors (Lipinski definition) is 0. The molecule has 2 aromatic carbocycles. The summed E-state index contributed by atoms with van der Waals surface area (Å²) in [5, 5.41) is 0. The number of ether oxygens (including phenoxy) is 2. The molecular weight excluding hydrogens is 364 g/mol. The van der Waals surface area contributed by atoms with E-state index in [4.69, 9.17) is 9.47 Å². The van der Waals surface area contributed by atoms with Gasteiger partial charge in [0.1, 0.15) is 5.75 Å². The Kier molecular flexibility index (Phi) is 8.23. The molecule has 1 aliphatic rings. The van der Waals surface area contributed by atoms with Crippen molar-refractivity contribution in [2.24, 2.45) is 0 Å². The van der Waals surface area contributed by atoms with Gasteiger partial charge in [-0.05, 0) is 36.8 Å². The van der Waals surface area contributed by atoms with Crippen LogP contribution in [-0.2, 0) is 4.74 Å². The number of ketones is 1. The van der Waals surface area contributed by atoms with Crippen LogP contribution in [0.5, 0.6) is 5.75 Å². The Hall–Kier alpha value is -2.21. The van der Waals surface area contributed by atoms with Gasteiger partial charge >= 0.3 is 0 Å². The van der Waals surface area contributed by atoms with Crippen molar-refractivity contribution in [1.29, 1.82) is 0 Å². The lowest BCUT2D eigenvalue weighted by atomic mass is 10.1. The van der Waals surface area contributed by atoms with E-state index in [0.717, 1.165) is 50.6 Å². The maximum absolute atomic E-state index is 12.5. The lowest BCUT2D eigenvalue weighted by molar-refractivity contribution is 0.0416. The fraction of sp³-hybridized carbons (Fsp3) is 0.458. The summed E-state index contributed by atoms with van der Waals surface area (Å²) >= 11 is 0. The van der Waals surface area contributed by atoms with E-state index >= 15 is 0 Å². The first-order chi connectivity index (χ1) is 14.2. The number of Topliss-reactive ketones (excluding diaryl/α,β-unsaturated/α-hetero) is 1. The maximum Gasteiger partial charge on any atom is 0.164 e. The van der Waals surface area contributed by atoms with Crippen molar-refractivity contribution in [3.05, 3.63) is 65.7 Å². The SMILES string of the molecule is CCOc1ccc(C(=O)CCN2CCN(CC(OC)c3ccccc3)CC2)cc1. The van der Waals surface area contributed by atoms with Crippen molar-refractivity contribution in [3.8, 4) is 5.75 Å². The third kappa shape index (κ3) is 6.39. The largest absolute Gasteiger partial charge is 0.494 e. The highest BCUT2D eigenvalue weighted by atomic mass is 16.5. The maximum atomic E-state index is 12.5.